The number of thiazole rings is 1. The SMILES string of the molecule is Cc1nc(C(F)(F)F)c(CN2CCNC(C)C2)s1. The Bertz CT molecular complexity index is 416. The molecular formula is C11H16F3N3S. The van der Waals surface area contributed by atoms with E-state index in [9.17, 15) is 13.2 Å². The molecule has 1 aliphatic heterocycles. The van der Waals surface area contributed by atoms with Crippen LogP contribution in [0.4, 0.5) is 13.2 Å². The molecule has 1 saturated heterocycles. The summed E-state index contributed by atoms with van der Waals surface area (Å²) < 4.78 is 38.4. The van der Waals surface area contributed by atoms with Gasteiger partial charge in [-0.25, -0.2) is 4.98 Å². The van der Waals surface area contributed by atoms with Crippen molar-refractivity contribution in [1.82, 2.24) is 15.2 Å². The zero-order valence-corrected chi connectivity index (χ0v) is 11.2. The van der Waals surface area contributed by atoms with Gasteiger partial charge in [-0.2, -0.15) is 13.2 Å². The van der Waals surface area contributed by atoms with E-state index in [1.54, 1.807) is 6.92 Å². The standard InChI is InChI=1S/C11H16F3N3S/c1-7-5-17(4-3-15-7)6-9-10(11(12,13)14)16-8(2)18-9/h7,15H,3-6H2,1-2H3. The molecule has 1 atom stereocenters. The van der Waals surface area contributed by atoms with Crippen molar-refractivity contribution in [2.24, 2.45) is 0 Å². The molecule has 2 rings (SSSR count). The van der Waals surface area contributed by atoms with Crippen LogP contribution in [0.3, 0.4) is 0 Å². The van der Waals surface area contributed by atoms with Crippen LogP contribution in [0.25, 0.3) is 0 Å². The molecule has 0 spiro atoms. The van der Waals surface area contributed by atoms with Gasteiger partial charge < -0.3 is 5.32 Å². The fourth-order valence-electron chi connectivity index (χ4n) is 2.16. The molecule has 7 heteroatoms. The average molecular weight is 279 g/mol. The van der Waals surface area contributed by atoms with Crippen molar-refractivity contribution >= 4 is 11.3 Å². The molecule has 1 aromatic rings. The molecule has 0 aromatic carbocycles. The van der Waals surface area contributed by atoms with Crippen LogP contribution < -0.4 is 5.32 Å². The molecule has 0 bridgehead atoms. The summed E-state index contributed by atoms with van der Waals surface area (Å²) in [5.41, 5.74) is -0.712. The Labute approximate surface area is 108 Å². The van der Waals surface area contributed by atoms with Gasteiger partial charge >= 0.3 is 6.18 Å². The van der Waals surface area contributed by atoms with Crippen molar-refractivity contribution in [1.29, 1.82) is 0 Å². The maximum Gasteiger partial charge on any atom is 0.434 e. The lowest BCUT2D eigenvalue weighted by Gasteiger charge is -2.31. The summed E-state index contributed by atoms with van der Waals surface area (Å²) in [6, 6.07) is 0.321. The van der Waals surface area contributed by atoms with Crippen molar-refractivity contribution < 1.29 is 13.2 Å². The van der Waals surface area contributed by atoms with Gasteiger partial charge in [0.15, 0.2) is 5.69 Å². The predicted octanol–water partition coefficient (Wildman–Crippen LogP) is 2.26. The van der Waals surface area contributed by atoms with E-state index in [1.807, 2.05) is 11.8 Å². The third kappa shape index (κ3) is 3.21. The van der Waals surface area contributed by atoms with E-state index < -0.39 is 11.9 Å². The van der Waals surface area contributed by atoms with E-state index >= 15 is 0 Å². The Morgan fingerprint density at radius 2 is 2.22 bits per heavy atom. The molecule has 2 heterocycles. The summed E-state index contributed by atoms with van der Waals surface area (Å²) in [5, 5.41) is 3.74. The number of hydrogen-bond acceptors (Lipinski definition) is 4. The second-order valence-corrected chi connectivity index (χ2v) is 5.88. The summed E-state index contributed by atoms with van der Waals surface area (Å²) >= 11 is 1.14. The highest BCUT2D eigenvalue weighted by atomic mass is 32.1. The number of rotatable bonds is 2. The third-order valence-corrected chi connectivity index (χ3v) is 3.85. The first kappa shape index (κ1) is 13.8. The van der Waals surface area contributed by atoms with Crippen molar-refractivity contribution in [2.45, 2.75) is 32.6 Å². The van der Waals surface area contributed by atoms with Crippen molar-refractivity contribution in [3.8, 4) is 0 Å². The summed E-state index contributed by atoms with van der Waals surface area (Å²) in [6.45, 7) is 6.36. The van der Waals surface area contributed by atoms with Crippen LogP contribution in [0.5, 0.6) is 0 Å². The van der Waals surface area contributed by atoms with Crippen molar-refractivity contribution in [2.75, 3.05) is 19.6 Å². The van der Waals surface area contributed by atoms with Crippen LogP contribution in [0, 0.1) is 6.92 Å². The van der Waals surface area contributed by atoms with Crippen LogP contribution in [0.2, 0.25) is 0 Å². The lowest BCUT2D eigenvalue weighted by molar-refractivity contribution is -0.141. The number of halogens is 3. The van der Waals surface area contributed by atoms with Gasteiger partial charge in [-0.05, 0) is 13.8 Å². The Hall–Kier alpha value is -0.660. The smallest absolute Gasteiger partial charge is 0.312 e. The molecule has 1 fully saturated rings. The molecule has 1 N–H and O–H groups in total. The van der Waals surface area contributed by atoms with Gasteiger partial charge in [0.05, 0.1) is 9.88 Å². The summed E-state index contributed by atoms with van der Waals surface area (Å²) in [5.74, 6) is 0. The Balaban J connectivity index is 2.13. The van der Waals surface area contributed by atoms with Gasteiger partial charge in [0.2, 0.25) is 0 Å². The molecule has 1 aromatic heterocycles. The molecule has 18 heavy (non-hydrogen) atoms. The number of aromatic nitrogens is 1. The summed E-state index contributed by atoms with van der Waals surface area (Å²) in [6.07, 6.45) is -4.35. The Morgan fingerprint density at radius 3 is 2.83 bits per heavy atom. The quantitative estimate of drug-likeness (QED) is 0.900. The molecule has 1 aliphatic rings. The summed E-state index contributed by atoms with van der Waals surface area (Å²) in [4.78, 5) is 5.99. The highest BCUT2D eigenvalue weighted by molar-refractivity contribution is 7.11. The minimum absolute atomic E-state index is 0.321. The number of piperazine rings is 1. The summed E-state index contributed by atoms with van der Waals surface area (Å²) in [7, 11) is 0. The van der Waals surface area contributed by atoms with Gasteiger partial charge in [0.1, 0.15) is 0 Å². The van der Waals surface area contributed by atoms with Crippen LogP contribution >= 0.6 is 11.3 Å². The molecule has 102 valence electrons. The first-order valence-corrected chi connectivity index (χ1v) is 6.67. The molecule has 0 aliphatic carbocycles. The number of alkyl halides is 3. The maximum absolute atomic E-state index is 12.8. The Morgan fingerprint density at radius 1 is 1.50 bits per heavy atom. The van der Waals surface area contributed by atoms with E-state index in [4.69, 9.17) is 0 Å². The molecule has 1 unspecified atom stereocenters. The van der Waals surface area contributed by atoms with E-state index in [1.165, 1.54) is 0 Å². The zero-order chi connectivity index (χ0) is 13.3. The van der Waals surface area contributed by atoms with Crippen LogP contribution in [0.15, 0.2) is 0 Å². The van der Waals surface area contributed by atoms with Gasteiger partial charge in [0, 0.05) is 32.2 Å². The second-order valence-electron chi connectivity index (χ2n) is 4.59. The largest absolute Gasteiger partial charge is 0.434 e. The predicted molar refractivity (Wildman–Crippen MR) is 64.6 cm³/mol. The second kappa shape index (κ2) is 5.14. The minimum atomic E-state index is -4.35. The van der Waals surface area contributed by atoms with Crippen molar-refractivity contribution in [3.05, 3.63) is 15.6 Å². The minimum Gasteiger partial charge on any atom is -0.312 e. The fourth-order valence-corrected chi connectivity index (χ4v) is 3.16. The normalized spacial score (nSPS) is 22.4. The van der Waals surface area contributed by atoms with Gasteiger partial charge in [-0.3, -0.25) is 4.90 Å². The Kier molecular flexibility index (Phi) is 3.93. The molecule has 0 radical (unpaired) electrons. The molecular weight excluding hydrogens is 263 g/mol. The van der Waals surface area contributed by atoms with E-state index in [0.29, 0.717) is 22.5 Å². The van der Waals surface area contributed by atoms with Crippen LogP contribution in [0.1, 0.15) is 22.5 Å². The van der Waals surface area contributed by atoms with Crippen LogP contribution in [-0.4, -0.2) is 35.6 Å². The zero-order valence-electron chi connectivity index (χ0n) is 10.3. The first-order valence-electron chi connectivity index (χ1n) is 5.85. The lowest BCUT2D eigenvalue weighted by Crippen LogP contribution is -2.48. The number of hydrogen-bond donors (Lipinski definition) is 1. The van der Waals surface area contributed by atoms with E-state index in [0.717, 1.165) is 31.0 Å². The van der Waals surface area contributed by atoms with Crippen molar-refractivity contribution in [3.63, 3.8) is 0 Å². The molecule has 0 saturated carbocycles. The van der Waals surface area contributed by atoms with Crippen LogP contribution in [-0.2, 0) is 12.7 Å². The average Bonchev–Trinajstić information content (AvgIpc) is 2.59. The first-order chi connectivity index (χ1) is 8.36. The van der Waals surface area contributed by atoms with Gasteiger partial charge in [-0.15, -0.1) is 11.3 Å². The fraction of sp³-hybridized carbons (Fsp3) is 0.727. The van der Waals surface area contributed by atoms with E-state index in [-0.39, 0.29) is 0 Å². The maximum atomic E-state index is 12.8. The van der Waals surface area contributed by atoms with Gasteiger partial charge in [-0.1, -0.05) is 0 Å². The number of nitrogens with zero attached hydrogens (tertiary/aromatic N) is 2. The number of nitrogens with one attached hydrogen (secondary N) is 1. The monoisotopic (exact) mass is 279 g/mol. The topological polar surface area (TPSA) is 28.2 Å². The van der Waals surface area contributed by atoms with E-state index in [2.05, 4.69) is 10.3 Å². The molecule has 3 nitrogen and oxygen atoms in total. The highest BCUT2D eigenvalue weighted by Gasteiger charge is 2.37. The molecule has 0 amide bonds. The lowest BCUT2D eigenvalue weighted by atomic mass is 10.2. The number of aryl methyl sites for hydroxylation is 1. The highest BCUT2D eigenvalue weighted by Crippen LogP contribution is 2.34. The third-order valence-electron chi connectivity index (χ3n) is 2.89. The van der Waals surface area contributed by atoms with Gasteiger partial charge in [0.25, 0.3) is 0 Å².